The highest BCUT2D eigenvalue weighted by Crippen LogP contribution is 2.39. The third-order valence-corrected chi connectivity index (χ3v) is 3.90. The monoisotopic (exact) mass is 295 g/mol. The van der Waals surface area contributed by atoms with Crippen LogP contribution in [0.3, 0.4) is 0 Å². The molecule has 1 atom stereocenters. The highest BCUT2D eigenvalue weighted by molar-refractivity contribution is 6.31. The number of rotatable bonds is 2. The predicted molar refractivity (Wildman–Crippen MR) is 74.0 cm³/mol. The Morgan fingerprint density at radius 3 is 3.15 bits per heavy atom. The van der Waals surface area contributed by atoms with Crippen molar-refractivity contribution in [1.29, 1.82) is 0 Å². The normalized spacial score (nSPS) is 20.7. The molecule has 0 aliphatic carbocycles. The van der Waals surface area contributed by atoms with Crippen molar-refractivity contribution in [3.05, 3.63) is 17.3 Å². The Morgan fingerprint density at radius 1 is 1.60 bits per heavy atom. The molecule has 1 fully saturated rings. The molecule has 20 heavy (non-hydrogen) atoms. The van der Waals surface area contributed by atoms with Crippen LogP contribution in [0.4, 0.5) is 11.5 Å². The summed E-state index contributed by atoms with van der Waals surface area (Å²) >= 11 is 5.97. The SMILES string of the molecule is COC(=O)CN1C(=O)[C@H]2CCCN2c2ncc(Cl)cc21. The van der Waals surface area contributed by atoms with E-state index in [0.29, 0.717) is 16.5 Å². The van der Waals surface area contributed by atoms with Gasteiger partial charge in [0.1, 0.15) is 12.6 Å². The second-order valence-corrected chi connectivity index (χ2v) is 5.28. The zero-order chi connectivity index (χ0) is 14.3. The maximum absolute atomic E-state index is 12.5. The minimum absolute atomic E-state index is 0.0931. The number of methoxy groups -OCH3 is 1. The van der Waals surface area contributed by atoms with E-state index < -0.39 is 5.97 Å². The number of esters is 1. The smallest absolute Gasteiger partial charge is 0.325 e. The van der Waals surface area contributed by atoms with Gasteiger partial charge in [-0.25, -0.2) is 4.98 Å². The van der Waals surface area contributed by atoms with Crippen molar-refractivity contribution in [3.8, 4) is 0 Å². The largest absolute Gasteiger partial charge is 0.468 e. The van der Waals surface area contributed by atoms with Crippen molar-refractivity contribution in [2.45, 2.75) is 18.9 Å². The topological polar surface area (TPSA) is 62.7 Å². The van der Waals surface area contributed by atoms with E-state index >= 15 is 0 Å². The van der Waals surface area contributed by atoms with Gasteiger partial charge in [0.05, 0.1) is 17.8 Å². The summed E-state index contributed by atoms with van der Waals surface area (Å²) in [5, 5.41) is 0.434. The second kappa shape index (κ2) is 4.94. The fourth-order valence-electron chi connectivity index (χ4n) is 2.77. The summed E-state index contributed by atoms with van der Waals surface area (Å²) in [5.41, 5.74) is 0.575. The average Bonchev–Trinajstić information content (AvgIpc) is 2.92. The lowest BCUT2D eigenvalue weighted by Crippen LogP contribution is -2.52. The molecule has 1 amide bonds. The quantitative estimate of drug-likeness (QED) is 0.768. The number of carbonyl (C=O) groups is 2. The number of fused-ring (bicyclic) bond motifs is 3. The number of halogens is 1. The molecule has 106 valence electrons. The molecule has 0 bridgehead atoms. The fraction of sp³-hybridized carbons (Fsp3) is 0.462. The Balaban J connectivity index is 2.05. The Hall–Kier alpha value is -1.82. The van der Waals surface area contributed by atoms with E-state index in [1.54, 1.807) is 12.3 Å². The van der Waals surface area contributed by atoms with Crippen molar-refractivity contribution in [3.63, 3.8) is 0 Å². The van der Waals surface area contributed by atoms with E-state index in [9.17, 15) is 9.59 Å². The molecule has 0 saturated carbocycles. The van der Waals surface area contributed by atoms with Crippen molar-refractivity contribution in [2.24, 2.45) is 0 Å². The molecule has 3 rings (SSSR count). The molecule has 7 heteroatoms. The molecule has 1 aromatic rings. The van der Waals surface area contributed by atoms with Gasteiger partial charge in [0.25, 0.3) is 0 Å². The lowest BCUT2D eigenvalue weighted by Gasteiger charge is -2.37. The van der Waals surface area contributed by atoms with Gasteiger partial charge in [-0.15, -0.1) is 0 Å². The van der Waals surface area contributed by atoms with Crippen molar-refractivity contribution in [2.75, 3.05) is 30.0 Å². The number of carbonyl (C=O) groups excluding carboxylic acids is 2. The van der Waals surface area contributed by atoms with Gasteiger partial charge in [-0.1, -0.05) is 11.6 Å². The molecule has 2 aliphatic rings. The summed E-state index contributed by atoms with van der Waals surface area (Å²) in [6.07, 6.45) is 3.27. The van der Waals surface area contributed by atoms with Crippen LogP contribution in [0.1, 0.15) is 12.8 Å². The molecule has 0 unspecified atom stereocenters. The third-order valence-electron chi connectivity index (χ3n) is 3.70. The van der Waals surface area contributed by atoms with E-state index in [4.69, 9.17) is 11.6 Å². The molecule has 0 aromatic carbocycles. The van der Waals surface area contributed by atoms with E-state index in [0.717, 1.165) is 19.4 Å². The zero-order valence-electron chi connectivity index (χ0n) is 11.0. The minimum Gasteiger partial charge on any atom is -0.468 e. The van der Waals surface area contributed by atoms with E-state index in [2.05, 4.69) is 9.72 Å². The highest BCUT2D eigenvalue weighted by atomic mass is 35.5. The standard InChI is InChI=1S/C13H14ClN3O3/c1-20-11(18)7-17-10-5-8(14)6-15-12(10)16-4-2-3-9(16)13(17)19/h5-6,9H,2-4,7H2,1H3/t9-/m1/s1. The number of pyridine rings is 1. The van der Waals surface area contributed by atoms with Crippen LogP contribution in [-0.2, 0) is 14.3 Å². The fourth-order valence-corrected chi connectivity index (χ4v) is 2.93. The molecular formula is C13H14ClN3O3. The molecule has 3 heterocycles. The molecule has 2 aliphatic heterocycles. The van der Waals surface area contributed by atoms with Gasteiger partial charge in [0.15, 0.2) is 5.82 Å². The maximum atomic E-state index is 12.5. The van der Waals surface area contributed by atoms with Gasteiger partial charge in [0, 0.05) is 12.7 Å². The van der Waals surface area contributed by atoms with Crippen LogP contribution >= 0.6 is 11.6 Å². The average molecular weight is 296 g/mol. The Morgan fingerprint density at radius 2 is 2.40 bits per heavy atom. The number of ether oxygens (including phenoxy) is 1. The highest BCUT2D eigenvalue weighted by Gasteiger charge is 2.42. The van der Waals surface area contributed by atoms with E-state index in [-0.39, 0.29) is 18.5 Å². The number of anilines is 2. The summed E-state index contributed by atoms with van der Waals surface area (Å²) in [4.78, 5) is 31.8. The molecule has 0 spiro atoms. The number of aromatic nitrogens is 1. The first-order valence-electron chi connectivity index (χ1n) is 6.42. The number of amides is 1. The summed E-state index contributed by atoms with van der Waals surface area (Å²) in [7, 11) is 1.30. The summed E-state index contributed by atoms with van der Waals surface area (Å²) in [6.45, 7) is 0.679. The van der Waals surface area contributed by atoms with Crippen LogP contribution in [0.15, 0.2) is 12.3 Å². The lowest BCUT2D eigenvalue weighted by atomic mass is 10.1. The number of nitrogens with zero attached hydrogens (tertiary/aromatic N) is 3. The first-order valence-corrected chi connectivity index (χ1v) is 6.80. The summed E-state index contributed by atoms with van der Waals surface area (Å²) in [5.74, 6) is 0.153. The predicted octanol–water partition coefficient (Wildman–Crippen LogP) is 1.22. The molecule has 0 N–H and O–H groups in total. The number of hydrogen-bond acceptors (Lipinski definition) is 5. The van der Waals surface area contributed by atoms with Crippen LogP contribution in [-0.4, -0.2) is 43.1 Å². The molecule has 6 nitrogen and oxygen atoms in total. The zero-order valence-corrected chi connectivity index (χ0v) is 11.8. The van der Waals surface area contributed by atoms with Crippen LogP contribution in [0.2, 0.25) is 5.02 Å². The van der Waals surface area contributed by atoms with Crippen LogP contribution < -0.4 is 9.80 Å². The van der Waals surface area contributed by atoms with Crippen LogP contribution in [0.25, 0.3) is 0 Å². The second-order valence-electron chi connectivity index (χ2n) is 4.85. The number of hydrogen-bond donors (Lipinski definition) is 0. The Bertz CT molecular complexity index is 578. The van der Waals surface area contributed by atoms with E-state index in [1.165, 1.54) is 12.0 Å². The third kappa shape index (κ3) is 2.00. The van der Waals surface area contributed by atoms with Crippen LogP contribution in [0, 0.1) is 0 Å². The summed E-state index contributed by atoms with van der Waals surface area (Å²) < 4.78 is 4.66. The molecular weight excluding hydrogens is 282 g/mol. The van der Waals surface area contributed by atoms with Gasteiger partial charge in [0.2, 0.25) is 5.91 Å². The summed E-state index contributed by atoms with van der Waals surface area (Å²) in [6, 6.07) is 1.43. The van der Waals surface area contributed by atoms with Crippen molar-refractivity contribution >= 4 is 35.0 Å². The van der Waals surface area contributed by atoms with E-state index in [1.807, 2.05) is 4.90 Å². The molecule has 0 radical (unpaired) electrons. The van der Waals surface area contributed by atoms with Gasteiger partial charge >= 0.3 is 5.97 Å². The van der Waals surface area contributed by atoms with Crippen molar-refractivity contribution in [1.82, 2.24) is 4.98 Å². The lowest BCUT2D eigenvalue weighted by molar-refractivity contribution is -0.140. The first-order chi connectivity index (χ1) is 9.61. The van der Waals surface area contributed by atoms with Crippen LogP contribution in [0.5, 0.6) is 0 Å². The van der Waals surface area contributed by atoms with Crippen molar-refractivity contribution < 1.29 is 14.3 Å². The van der Waals surface area contributed by atoms with Gasteiger partial charge in [-0.2, -0.15) is 0 Å². The first kappa shape index (κ1) is 13.2. The van der Waals surface area contributed by atoms with Gasteiger partial charge < -0.3 is 9.64 Å². The van der Waals surface area contributed by atoms with Gasteiger partial charge in [-0.05, 0) is 18.9 Å². The van der Waals surface area contributed by atoms with Gasteiger partial charge in [-0.3, -0.25) is 14.5 Å². The Labute approximate surface area is 121 Å². The minimum atomic E-state index is -0.462. The molecule has 1 aromatic heterocycles. The maximum Gasteiger partial charge on any atom is 0.325 e. The Kier molecular flexibility index (Phi) is 3.25. The molecule has 1 saturated heterocycles.